The molecular formula is C20H18BrF4NO4. The molecule has 0 saturated heterocycles. The molecule has 30 heavy (non-hydrogen) atoms. The lowest BCUT2D eigenvalue weighted by Gasteiger charge is -2.04. The summed E-state index contributed by atoms with van der Waals surface area (Å²) in [6.45, 7) is 2.67. The van der Waals surface area contributed by atoms with Gasteiger partial charge in [0.05, 0.1) is 25.6 Å². The van der Waals surface area contributed by atoms with Gasteiger partial charge in [-0.25, -0.2) is 17.6 Å². The first kappa shape index (κ1) is 27.1. The molecule has 5 nitrogen and oxygen atoms in total. The van der Waals surface area contributed by atoms with Gasteiger partial charge in [0.1, 0.15) is 0 Å². The van der Waals surface area contributed by atoms with E-state index >= 15 is 0 Å². The fourth-order valence-corrected chi connectivity index (χ4v) is 2.27. The van der Waals surface area contributed by atoms with Crippen molar-refractivity contribution in [2.45, 2.75) is 13.8 Å². The summed E-state index contributed by atoms with van der Waals surface area (Å²) < 4.78 is 61.0. The summed E-state index contributed by atoms with van der Waals surface area (Å²) in [6, 6.07) is 5.55. The van der Waals surface area contributed by atoms with Crippen molar-refractivity contribution in [3.8, 4) is 17.6 Å². The van der Waals surface area contributed by atoms with Gasteiger partial charge < -0.3 is 9.47 Å². The average Bonchev–Trinajstić information content (AvgIpc) is 2.68. The fraction of sp³-hybridized carbons (Fsp3) is 0.250. The second-order valence-corrected chi connectivity index (χ2v) is 5.84. The van der Waals surface area contributed by atoms with E-state index in [0.717, 1.165) is 38.5 Å². The maximum absolute atomic E-state index is 13.1. The first-order valence-electron chi connectivity index (χ1n) is 8.04. The molecule has 0 aromatic heterocycles. The highest BCUT2D eigenvalue weighted by molar-refractivity contribution is 9.09. The third-order valence-corrected chi connectivity index (χ3v) is 3.76. The SMILES string of the molecule is CC#N.COc1c(F)cc(C(=O)CBr)cc1F.COc1c(F)cc(C(C)=O)cc1F. The highest BCUT2D eigenvalue weighted by atomic mass is 79.9. The average molecular weight is 492 g/mol. The van der Waals surface area contributed by atoms with Crippen LogP contribution in [0.3, 0.4) is 0 Å². The molecule has 0 unspecified atom stereocenters. The first-order chi connectivity index (χ1) is 14.1. The minimum Gasteiger partial charge on any atom is -0.491 e. The monoisotopic (exact) mass is 491 g/mol. The van der Waals surface area contributed by atoms with Crippen molar-refractivity contribution in [1.29, 1.82) is 5.26 Å². The van der Waals surface area contributed by atoms with Gasteiger partial charge in [0.15, 0.2) is 46.3 Å². The van der Waals surface area contributed by atoms with Crippen LogP contribution in [0.5, 0.6) is 11.5 Å². The molecule has 0 bridgehead atoms. The van der Waals surface area contributed by atoms with Crippen LogP contribution in [-0.4, -0.2) is 31.1 Å². The Bertz CT molecular complexity index is 899. The number of Topliss-reactive ketones (excluding diaryl/α,β-unsaturated/α-hetero) is 2. The number of methoxy groups -OCH3 is 2. The number of nitriles is 1. The molecule has 0 spiro atoms. The zero-order chi connectivity index (χ0) is 23.4. The Morgan fingerprint density at radius 2 is 1.20 bits per heavy atom. The smallest absolute Gasteiger partial charge is 0.190 e. The molecule has 2 aromatic carbocycles. The van der Waals surface area contributed by atoms with E-state index in [1.807, 2.05) is 0 Å². The van der Waals surface area contributed by atoms with Crippen LogP contribution in [-0.2, 0) is 0 Å². The molecule has 0 aliphatic heterocycles. The summed E-state index contributed by atoms with van der Waals surface area (Å²) in [5.74, 6) is -5.21. The van der Waals surface area contributed by atoms with Gasteiger partial charge in [0.25, 0.3) is 0 Å². The van der Waals surface area contributed by atoms with Gasteiger partial charge in [-0.2, -0.15) is 5.26 Å². The molecule has 0 saturated carbocycles. The molecular weight excluding hydrogens is 474 g/mol. The van der Waals surface area contributed by atoms with Crippen LogP contribution in [0.2, 0.25) is 0 Å². The van der Waals surface area contributed by atoms with Gasteiger partial charge in [-0.1, -0.05) is 15.9 Å². The van der Waals surface area contributed by atoms with Gasteiger partial charge in [0.2, 0.25) is 0 Å². The Morgan fingerprint density at radius 1 is 0.900 bits per heavy atom. The number of hydrogen-bond donors (Lipinski definition) is 0. The summed E-state index contributed by atoms with van der Waals surface area (Å²) in [4.78, 5) is 21.9. The van der Waals surface area contributed by atoms with Gasteiger partial charge in [-0.05, 0) is 31.2 Å². The third kappa shape index (κ3) is 7.83. The maximum Gasteiger partial charge on any atom is 0.190 e. The molecule has 162 valence electrons. The number of ether oxygens (including phenoxy) is 2. The quantitative estimate of drug-likeness (QED) is 0.324. The highest BCUT2D eigenvalue weighted by Crippen LogP contribution is 2.23. The number of carbonyl (C=O) groups is 2. The molecule has 10 heteroatoms. The van der Waals surface area contributed by atoms with Gasteiger partial charge in [-0.15, -0.1) is 0 Å². The molecule has 0 fully saturated rings. The third-order valence-electron chi connectivity index (χ3n) is 3.25. The van der Waals surface area contributed by atoms with Crippen LogP contribution in [0.25, 0.3) is 0 Å². The zero-order valence-corrected chi connectivity index (χ0v) is 18.1. The zero-order valence-electron chi connectivity index (χ0n) is 16.5. The van der Waals surface area contributed by atoms with Crippen LogP contribution in [0.15, 0.2) is 24.3 Å². The van der Waals surface area contributed by atoms with Crippen molar-refractivity contribution in [3.05, 3.63) is 58.7 Å². The molecule has 0 N–H and O–H groups in total. The predicted octanol–water partition coefficient (Wildman–Crippen LogP) is 5.26. The van der Waals surface area contributed by atoms with Crippen molar-refractivity contribution in [2.24, 2.45) is 0 Å². The molecule has 0 radical (unpaired) electrons. The van der Waals surface area contributed by atoms with Crippen molar-refractivity contribution in [2.75, 3.05) is 19.5 Å². The molecule has 0 heterocycles. The molecule has 0 aliphatic carbocycles. The molecule has 0 amide bonds. The van der Waals surface area contributed by atoms with Crippen molar-refractivity contribution in [1.82, 2.24) is 0 Å². The summed E-state index contributed by atoms with van der Waals surface area (Å²) in [6.07, 6.45) is 0. The molecule has 0 atom stereocenters. The largest absolute Gasteiger partial charge is 0.491 e. The summed E-state index contributed by atoms with van der Waals surface area (Å²) >= 11 is 2.91. The first-order valence-corrected chi connectivity index (χ1v) is 9.16. The van der Waals surface area contributed by atoms with E-state index < -0.39 is 34.8 Å². The number of rotatable bonds is 5. The highest BCUT2D eigenvalue weighted by Gasteiger charge is 2.15. The van der Waals surface area contributed by atoms with E-state index in [-0.39, 0.29) is 28.0 Å². The van der Waals surface area contributed by atoms with E-state index in [0.29, 0.717) is 0 Å². The van der Waals surface area contributed by atoms with Crippen LogP contribution < -0.4 is 9.47 Å². The van der Waals surface area contributed by atoms with Crippen LogP contribution >= 0.6 is 15.9 Å². The standard InChI is InChI=1S/C9H7BrF2O2.C9H8F2O2.C2H3N/c1-14-9-6(11)2-5(3-7(9)12)8(13)4-10;1-5(12)6-3-7(10)9(13-2)8(11)4-6;1-2-3/h2-3H,4H2,1H3;3-4H,1-2H3;1H3. The van der Waals surface area contributed by atoms with E-state index in [1.165, 1.54) is 13.8 Å². The fourth-order valence-electron chi connectivity index (χ4n) is 1.95. The predicted molar refractivity (Wildman–Crippen MR) is 105 cm³/mol. The maximum atomic E-state index is 13.1. The van der Waals surface area contributed by atoms with E-state index in [4.69, 9.17) is 5.26 Å². The Morgan fingerprint density at radius 3 is 1.43 bits per heavy atom. The molecule has 2 aromatic rings. The van der Waals surface area contributed by atoms with Crippen LogP contribution in [0.1, 0.15) is 34.6 Å². The van der Waals surface area contributed by atoms with Crippen molar-refractivity contribution in [3.63, 3.8) is 0 Å². The van der Waals surface area contributed by atoms with Gasteiger partial charge in [0, 0.05) is 18.1 Å². The lowest BCUT2D eigenvalue weighted by atomic mass is 10.1. The number of halogens is 5. The molecule has 0 aliphatic rings. The topological polar surface area (TPSA) is 76.4 Å². The number of alkyl halides is 1. The normalized spacial score (nSPS) is 9.20. The minimum absolute atomic E-state index is 0.00389. The molecule has 2 rings (SSSR count). The van der Waals surface area contributed by atoms with Crippen molar-refractivity contribution < 1.29 is 36.6 Å². The Labute approximate surface area is 179 Å². The van der Waals surface area contributed by atoms with E-state index in [1.54, 1.807) is 6.07 Å². The Kier molecular flexibility index (Phi) is 12.0. The number of carbonyl (C=O) groups excluding carboxylic acids is 2. The second-order valence-electron chi connectivity index (χ2n) is 5.28. The van der Waals surface area contributed by atoms with Crippen LogP contribution in [0.4, 0.5) is 17.6 Å². The van der Waals surface area contributed by atoms with Gasteiger partial charge >= 0.3 is 0 Å². The lowest BCUT2D eigenvalue weighted by molar-refractivity contribution is 0.101. The second kappa shape index (κ2) is 13.3. The number of benzene rings is 2. The summed E-state index contributed by atoms with van der Waals surface area (Å²) in [5.41, 5.74) is -0.0199. The lowest BCUT2D eigenvalue weighted by Crippen LogP contribution is -2.03. The number of ketones is 2. The van der Waals surface area contributed by atoms with Crippen LogP contribution in [0, 0.1) is 34.6 Å². The number of hydrogen-bond acceptors (Lipinski definition) is 5. The van der Waals surface area contributed by atoms with E-state index in [9.17, 15) is 27.2 Å². The van der Waals surface area contributed by atoms with E-state index in [2.05, 4.69) is 25.4 Å². The minimum atomic E-state index is -0.878. The Balaban J connectivity index is 0.000000497. The van der Waals surface area contributed by atoms with Gasteiger partial charge in [-0.3, -0.25) is 9.59 Å². The number of nitrogens with zero attached hydrogens (tertiary/aromatic N) is 1. The van der Waals surface area contributed by atoms with Crippen molar-refractivity contribution >= 4 is 27.5 Å². The Hall–Kier alpha value is -2.93. The summed E-state index contributed by atoms with van der Waals surface area (Å²) in [7, 11) is 2.32. The summed E-state index contributed by atoms with van der Waals surface area (Å²) in [5, 5.41) is 7.35.